The molecule has 1 aliphatic heterocycles. The molecular formula is C22H25NO6S. The number of aliphatic hydroxyl groups excluding tert-OH is 2. The van der Waals surface area contributed by atoms with E-state index in [4.69, 9.17) is 4.42 Å². The molecule has 3 aromatic rings. The molecule has 0 bridgehead atoms. The summed E-state index contributed by atoms with van der Waals surface area (Å²) < 4.78 is 5.94. The molecule has 0 saturated carbocycles. The molecule has 3 atom stereocenters. The van der Waals surface area contributed by atoms with Crippen LogP contribution in [0.2, 0.25) is 0 Å². The average molecular weight is 432 g/mol. The second-order valence-corrected chi connectivity index (χ2v) is 9.17. The van der Waals surface area contributed by atoms with Gasteiger partial charge in [-0.3, -0.25) is 4.79 Å². The van der Waals surface area contributed by atoms with Crippen molar-refractivity contribution >= 4 is 22.3 Å². The largest absolute Gasteiger partial charge is 0.507 e. The van der Waals surface area contributed by atoms with Gasteiger partial charge in [-0.1, -0.05) is 0 Å². The minimum atomic E-state index is -1.19. The number of β-amino-alcohol motifs (C(OH)–C–C–N with tert-alkyl or cyclic N) is 1. The van der Waals surface area contributed by atoms with E-state index in [1.54, 1.807) is 18.4 Å². The topological polar surface area (TPSA) is 114 Å². The fourth-order valence-corrected chi connectivity index (χ4v) is 5.07. The maximum absolute atomic E-state index is 13.3. The van der Waals surface area contributed by atoms with Crippen LogP contribution in [0.5, 0.6) is 11.5 Å². The summed E-state index contributed by atoms with van der Waals surface area (Å²) in [7, 11) is 1.90. The Morgan fingerprint density at radius 3 is 2.60 bits per heavy atom. The Kier molecular flexibility index (Phi) is 5.36. The molecule has 3 unspecified atom stereocenters. The Morgan fingerprint density at radius 1 is 1.23 bits per heavy atom. The van der Waals surface area contributed by atoms with Crippen LogP contribution >= 0.6 is 11.3 Å². The summed E-state index contributed by atoms with van der Waals surface area (Å²) >= 11 is 1.46. The van der Waals surface area contributed by atoms with Gasteiger partial charge in [0.15, 0.2) is 0 Å². The molecule has 160 valence electrons. The molecule has 30 heavy (non-hydrogen) atoms. The zero-order chi connectivity index (χ0) is 21.7. The van der Waals surface area contributed by atoms with Crippen LogP contribution in [0.3, 0.4) is 0 Å². The van der Waals surface area contributed by atoms with Crippen molar-refractivity contribution in [1.29, 1.82) is 0 Å². The zero-order valence-electron chi connectivity index (χ0n) is 17.0. The van der Waals surface area contributed by atoms with Gasteiger partial charge in [-0.15, -0.1) is 11.3 Å². The third-order valence-corrected chi connectivity index (χ3v) is 6.76. The van der Waals surface area contributed by atoms with E-state index in [0.29, 0.717) is 30.6 Å². The summed E-state index contributed by atoms with van der Waals surface area (Å²) in [5.41, 5.74) is 0.455. The van der Waals surface area contributed by atoms with Gasteiger partial charge >= 0.3 is 0 Å². The van der Waals surface area contributed by atoms with Crippen LogP contribution < -0.4 is 5.43 Å². The summed E-state index contributed by atoms with van der Waals surface area (Å²) in [5, 5.41) is 44.2. The highest BCUT2D eigenvalue weighted by molar-refractivity contribution is 7.10. The Bertz CT molecular complexity index is 1170. The molecule has 4 rings (SSSR count). The number of hydrogen-bond acceptors (Lipinski definition) is 8. The highest BCUT2D eigenvalue weighted by Crippen LogP contribution is 2.42. The smallest absolute Gasteiger partial charge is 0.202 e. The highest BCUT2D eigenvalue weighted by atomic mass is 32.1. The summed E-state index contributed by atoms with van der Waals surface area (Å²) in [6, 6.07) is 2.91. The normalized spacial score (nSPS) is 21.2. The van der Waals surface area contributed by atoms with Crippen LogP contribution in [0.4, 0.5) is 0 Å². The monoisotopic (exact) mass is 431 g/mol. The van der Waals surface area contributed by atoms with Gasteiger partial charge in [-0.2, -0.15) is 0 Å². The summed E-state index contributed by atoms with van der Waals surface area (Å²) in [5.74, 6) is -0.880. The molecule has 2 aromatic heterocycles. The number of phenols is 2. The first-order valence-corrected chi connectivity index (χ1v) is 10.7. The molecule has 1 saturated heterocycles. The summed E-state index contributed by atoms with van der Waals surface area (Å²) in [4.78, 5) is 16.3. The number of phenolic OH excluding ortho intramolecular Hbond substituents is 2. The minimum absolute atomic E-state index is 0.0520. The van der Waals surface area contributed by atoms with E-state index < -0.39 is 29.3 Å². The lowest BCUT2D eigenvalue weighted by molar-refractivity contribution is 0.0630. The number of rotatable bonds is 3. The fourth-order valence-electron chi connectivity index (χ4n) is 4.35. The van der Waals surface area contributed by atoms with Crippen molar-refractivity contribution in [3.05, 3.63) is 55.1 Å². The number of aliphatic hydroxyl groups is 2. The molecule has 1 aromatic carbocycles. The van der Waals surface area contributed by atoms with Crippen molar-refractivity contribution in [3.8, 4) is 11.5 Å². The first-order valence-electron chi connectivity index (χ1n) is 9.80. The number of nitrogens with zero attached hydrogens (tertiary/aromatic N) is 1. The zero-order valence-corrected chi connectivity index (χ0v) is 17.9. The first-order chi connectivity index (χ1) is 14.2. The van der Waals surface area contributed by atoms with Crippen LogP contribution in [0.1, 0.15) is 45.8 Å². The van der Waals surface area contributed by atoms with E-state index >= 15 is 0 Å². The third-order valence-electron chi connectivity index (χ3n) is 5.88. The Hall–Kier alpha value is -2.39. The van der Waals surface area contributed by atoms with E-state index in [9.17, 15) is 25.2 Å². The first kappa shape index (κ1) is 20.9. The lowest BCUT2D eigenvalue weighted by Crippen LogP contribution is -2.40. The number of thiophene rings is 1. The number of likely N-dealkylation sites (N-methyl/N-ethyl adjacent to an activating group) is 1. The van der Waals surface area contributed by atoms with Gasteiger partial charge < -0.3 is 29.7 Å². The molecule has 3 heterocycles. The van der Waals surface area contributed by atoms with Crippen molar-refractivity contribution < 1.29 is 24.8 Å². The van der Waals surface area contributed by atoms with E-state index in [1.165, 1.54) is 11.3 Å². The molecule has 8 heteroatoms. The van der Waals surface area contributed by atoms with E-state index in [1.807, 2.05) is 18.9 Å². The molecule has 1 fully saturated rings. The number of piperidine rings is 1. The van der Waals surface area contributed by atoms with Gasteiger partial charge in [-0.25, -0.2) is 0 Å². The highest BCUT2D eigenvalue weighted by Gasteiger charge is 2.34. The van der Waals surface area contributed by atoms with E-state index in [-0.39, 0.29) is 28.0 Å². The Morgan fingerprint density at radius 2 is 1.97 bits per heavy atom. The van der Waals surface area contributed by atoms with Crippen LogP contribution in [0.25, 0.3) is 11.0 Å². The molecule has 0 amide bonds. The maximum atomic E-state index is 13.3. The molecule has 7 nitrogen and oxygen atoms in total. The summed E-state index contributed by atoms with van der Waals surface area (Å²) in [6.45, 7) is 4.62. The van der Waals surface area contributed by atoms with Crippen LogP contribution in [-0.2, 0) is 0 Å². The van der Waals surface area contributed by atoms with Crippen molar-refractivity contribution in [3.63, 3.8) is 0 Å². The van der Waals surface area contributed by atoms with Crippen LogP contribution in [-0.4, -0.2) is 51.6 Å². The van der Waals surface area contributed by atoms with Crippen molar-refractivity contribution in [2.24, 2.45) is 0 Å². The summed E-state index contributed by atoms with van der Waals surface area (Å²) in [6.07, 6.45) is -1.39. The predicted molar refractivity (Wildman–Crippen MR) is 115 cm³/mol. The Balaban J connectivity index is 1.94. The van der Waals surface area contributed by atoms with Crippen molar-refractivity contribution in [1.82, 2.24) is 4.90 Å². The predicted octanol–water partition coefficient (Wildman–Crippen LogP) is 2.74. The molecule has 0 spiro atoms. The molecule has 4 N–H and O–H groups in total. The number of fused-ring (bicyclic) bond motifs is 1. The van der Waals surface area contributed by atoms with Gasteiger partial charge in [0.2, 0.25) is 5.43 Å². The SMILES string of the molecule is Cc1cc(C(O)c2c(C)oc3c(C4CCN(C)CC4O)c(O)cc(O)c3c2=O)cs1. The van der Waals surface area contributed by atoms with E-state index in [2.05, 4.69) is 0 Å². The van der Waals surface area contributed by atoms with Gasteiger partial charge in [-0.05, 0) is 50.9 Å². The average Bonchev–Trinajstić information content (AvgIpc) is 3.09. The maximum Gasteiger partial charge on any atom is 0.202 e. The minimum Gasteiger partial charge on any atom is -0.507 e. The number of hydrogen-bond donors (Lipinski definition) is 4. The van der Waals surface area contributed by atoms with Gasteiger partial charge in [0.25, 0.3) is 0 Å². The van der Waals surface area contributed by atoms with Gasteiger partial charge in [0.1, 0.15) is 34.3 Å². The molecular weight excluding hydrogens is 406 g/mol. The third kappa shape index (κ3) is 3.39. The van der Waals surface area contributed by atoms with Crippen LogP contribution in [0, 0.1) is 13.8 Å². The molecule has 0 aliphatic carbocycles. The second-order valence-electron chi connectivity index (χ2n) is 8.05. The molecule has 0 radical (unpaired) electrons. The fraction of sp³-hybridized carbons (Fsp3) is 0.409. The standard InChI is InChI=1S/C22H25NO6S/c1-10-6-12(9-30-10)20(27)17-11(2)29-22-18(13-4-5-23(3)8-16(13)26)14(24)7-15(25)19(22)21(17)28/h6-7,9,13,16,20,24-27H,4-5,8H2,1-3H3. The van der Waals surface area contributed by atoms with Crippen molar-refractivity contribution in [2.45, 2.75) is 38.4 Å². The lowest BCUT2D eigenvalue weighted by Gasteiger charge is -2.34. The number of likely N-dealkylation sites (tertiary alicyclic amines) is 1. The van der Waals surface area contributed by atoms with E-state index in [0.717, 1.165) is 10.9 Å². The second kappa shape index (κ2) is 7.70. The lowest BCUT2D eigenvalue weighted by atomic mass is 9.85. The number of benzene rings is 1. The van der Waals surface area contributed by atoms with Gasteiger partial charge in [0.05, 0.1) is 11.7 Å². The quantitative estimate of drug-likeness (QED) is 0.504. The number of aryl methyl sites for hydroxylation is 2. The molecule has 1 aliphatic rings. The van der Waals surface area contributed by atoms with Crippen LogP contribution in [0.15, 0.2) is 26.7 Å². The van der Waals surface area contributed by atoms with Crippen molar-refractivity contribution in [2.75, 3.05) is 20.1 Å². The number of aromatic hydroxyl groups is 2. The Labute approximate surface area is 177 Å². The van der Waals surface area contributed by atoms with Gasteiger partial charge in [0, 0.05) is 29.0 Å².